The third-order valence-electron chi connectivity index (χ3n) is 5.71. The van der Waals surface area contributed by atoms with Crippen molar-refractivity contribution < 1.29 is 23.8 Å². The van der Waals surface area contributed by atoms with Crippen LogP contribution in [-0.4, -0.2) is 47.9 Å². The smallest absolute Gasteiger partial charge is 0.336 e. The van der Waals surface area contributed by atoms with E-state index >= 15 is 0 Å². The maximum Gasteiger partial charge on any atom is 0.336 e. The molecule has 30 heavy (non-hydrogen) atoms. The highest BCUT2D eigenvalue weighted by Crippen LogP contribution is 2.52. The summed E-state index contributed by atoms with van der Waals surface area (Å²) in [6, 6.07) is 7.20. The van der Waals surface area contributed by atoms with Gasteiger partial charge in [-0.25, -0.2) is 4.79 Å². The van der Waals surface area contributed by atoms with Crippen molar-refractivity contribution in [1.82, 2.24) is 4.90 Å². The Balaban J connectivity index is 2.27. The Labute approximate surface area is 183 Å². The van der Waals surface area contributed by atoms with E-state index in [4.69, 9.17) is 25.8 Å². The Kier molecular flexibility index (Phi) is 5.95. The van der Waals surface area contributed by atoms with Crippen molar-refractivity contribution in [2.75, 3.05) is 13.7 Å². The van der Waals surface area contributed by atoms with Gasteiger partial charge in [0.15, 0.2) is 5.72 Å². The summed E-state index contributed by atoms with van der Waals surface area (Å²) in [6.07, 6.45) is -0.119. The third kappa shape index (κ3) is 3.95. The molecule has 7 heteroatoms. The normalized spacial score (nSPS) is 28.9. The molecule has 0 amide bonds. The number of allylic oxidation sites excluding steroid dienone is 1. The van der Waals surface area contributed by atoms with Gasteiger partial charge >= 0.3 is 11.9 Å². The van der Waals surface area contributed by atoms with Crippen LogP contribution in [0.2, 0.25) is 5.02 Å². The van der Waals surface area contributed by atoms with Gasteiger partial charge in [0.25, 0.3) is 0 Å². The Morgan fingerprint density at radius 2 is 1.97 bits per heavy atom. The van der Waals surface area contributed by atoms with Crippen molar-refractivity contribution in [3.05, 3.63) is 46.1 Å². The van der Waals surface area contributed by atoms with Gasteiger partial charge in [0, 0.05) is 23.2 Å². The summed E-state index contributed by atoms with van der Waals surface area (Å²) in [5.74, 6) is -2.33. The molecule has 6 nitrogen and oxygen atoms in total. The zero-order valence-electron chi connectivity index (χ0n) is 18.6. The number of ether oxygens (including phenoxy) is 3. The van der Waals surface area contributed by atoms with Gasteiger partial charge in [-0.15, -0.1) is 0 Å². The van der Waals surface area contributed by atoms with Crippen LogP contribution >= 0.6 is 11.6 Å². The number of methoxy groups -OCH3 is 1. The fourth-order valence-corrected chi connectivity index (χ4v) is 4.87. The Bertz CT molecular complexity index is 890. The first-order chi connectivity index (χ1) is 13.9. The number of halogens is 1. The molecule has 0 bridgehead atoms. The first-order valence-electron chi connectivity index (χ1n) is 10.1. The number of carbonyl (C=O) groups excluding carboxylic acids is 2. The molecule has 2 aliphatic heterocycles. The van der Waals surface area contributed by atoms with E-state index in [1.54, 1.807) is 18.2 Å². The molecule has 0 aromatic heterocycles. The highest BCUT2D eigenvalue weighted by Gasteiger charge is 2.60. The number of hydrogen-bond acceptors (Lipinski definition) is 6. The predicted molar refractivity (Wildman–Crippen MR) is 114 cm³/mol. The van der Waals surface area contributed by atoms with E-state index in [0.717, 1.165) is 11.3 Å². The number of rotatable bonds is 3. The van der Waals surface area contributed by atoms with Crippen molar-refractivity contribution in [3.8, 4) is 0 Å². The molecule has 0 unspecified atom stereocenters. The standard InChI is InChI=1S/C23H30ClNO5/c1-13-12-25-14(2)17(20(26)28-7)18(15-9-8-10-16(24)11-15)19(23(25,6)29-13)21(27)30-22(3,4)5/h8-11,13,18-19H,12H2,1-7H3/t13-,18+,19+,23-/m1/s1. The average Bonchev–Trinajstić information content (AvgIpc) is 2.94. The van der Waals surface area contributed by atoms with Crippen LogP contribution in [0, 0.1) is 5.92 Å². The van der Waals surface area contributed by atoms with E-state index < -0.39 is 35.1 Å². The molecule has 1 aromatic carbocycles. The maximum absolute atomic E-state index is 13.6. The minimum Gasteiger partial charge on any atom is -0.466 e. The van der Waals surface area contributed by atoms with E-state index in [9.17, 15) is 9.59 Å². The Morgan fingerprint density at radius 3 is 2.53 bits per heavy atom. The Hall–Kier alpha value is -2.05. The first-order valence-corrected chi connectivity index (χ1v) is 10.5. The summed E-state index contributed by atoms with van der Waals surface area (Å²) in [5, 5.41) is 0.519. The molecule has 1 saturated heterocycles. The summed E-state index contributed by atoms with van der Waals surface area (Å²) in [5.41, 5.74) is 0.228. The van der Waals surface area contributed by atoms with Crippen molar-refractivity contribution in [1.29, 1.82) is 0 Å². The van der Waals surface area contributed by atoms with Gasteiger partial charge in [-0.05, 0) is 59.2 Å². The molecule has 1 aromatic rings. The molecule has 0 radical (unpaired) electrons. The minimum atomic E-state index is -0.976. The second-order valence-electron chi connectivity index (χ2n) is 9.13. The molecule has 2 aliphatic rings. The van der Waals surface area contributed by atoms with E-state index in [2.05, 4.69) is 0 Å². The molecule has 4 atom stereocenters. The molecule has 164 valence electrons. The zero-order chi connectivity index (χ0) is 22.4. The zero-order valence-corrected chi connectivity index (χ0v) is 19.4. The van der Waals surface area contributed by atoms with Crippen molar-refractivity contribution in [3.63, 3.8) is 0 Å². The summed E-state index contributed by atoms with van der Waals surface area (Å²) in [4.78, 5) is 28.5. The molecule has 0 spiro atoms. The van der Waals surface area contributed by atoms with Crippen LogP contribution in [0.5, 0.6) is 0 Å². The number of esters is 2. The SMILES string of the molecule is COC(=O)C1=C(C)N2C[C@@H](C)O[C@]2(C)[C@H](C(=O)OC(C)(C)C)[C@H]1c1cccc(Cl)c1. The summed E-state index contributed by atoms with van der Waals surface area (Å²) >= 11 is 6.27. The van der Waals surface area contributed by atoms with Crippen molar-refractivity contribution in [2.24, 2.45) is 5.92 Å². The lowest BCUT2D eigenvalue weighted by Gasteiger charge is -2.49. The lowest BCUT2D eigenvalue weighted by molar-refractivity contribution is -0.186. The molecule has 3 rings (SSSR count). The van der Waals surface area contributed by atoms with Crippen LogP contribution in [0.25, 0.3) is 0 Å². The Morgan fingerprint density at radius 1 is 1.30 bits per heavy atom. The van der Waals surface area contributed by atoms with Gasteiger partial charge in [-0.2, -0.15) is 0 Å². The number of nitrogens with zero attached hydrogens (tertiary/aromatic N) is 1. The number of carbonyl (C=O) groups is 2. The fourth-order valence-electron chi connectivity index (χ4n) is 4.67. The van der Waals surface area contributed by atoms with Gasteiger partial charge < -0.3 is 19.1 Å². The lowest BCUT2D eigenvalue weighted by atomic mass is 9.71. The van der Waals surface area contributed by atoms with Gasteiger partial charge in [-0.1, -0.05) is 23.7 Å². The molecule has 0 aliphatic carbocycles. The van der Waals surface area contributed by atoms with Crippen LogP contribution in [0.15, 0.2) is 35.5 Å². The quantitative estimate of drug-likeness (QED) is 0.660. The third-order valence-corrected chi connectivity index (χ3v) is 5.94. The second-order valence-corrected chi connectivity index (χ2v) is 9.56. The van der Waals surface area contributed by atoms with Gasteiger partial charge in [0.1, 0.15) is 11.5 Å². The number of hydrogen-bond donors (Lipinski definition) is 0. The predicted octanol–water partition coefficient (Wildman–Crippen LogP) is 4.28. The van der Waals surface area contributed by atoms with Crippen LogP contribution < -0.4 is 0 Å². The first kappa shape index (κ1) is 22.6. The number of fused-ring (bicyclic) bond motifs is 1. The maximum atomic E-state index is 13.6. The van der Waals surface area contributed by atoms with Crippen LogP contribution in [-0.2, 0) is 23.8 Å². The monoisotopic (exact) mass is 435 g/mol. The summed E-state index contributed by atoms with van der Waals surface area (Å²) in [6.45, 7) is 11.7. The van der Waals surface area contributed by atoms with E-state index in [1.165, 1.54) is 7.11 Å². The molecule has 0 N–H and O–H groups in total. The van der Waals surface area contributed by atoms with Crippen LogP contribution in [0.4, 0.5) is 0 Å². The molecule has 0 saturated carbocycles. The van der Waals surface area contributed by atoms with E-state index in [1.807, 2.05) is 52.5 Å². The fraction of sp³-hybridized carbons (Fsp3) is 0.565. The van der Waals surface area contributed by atoms with Gasteiger partial charge in [0.05, 0.1) is 18.8 Å². The highest BCUT2D eigenvalue weighted by atomic mass is 35.5. The van der Waals surface area contributed by atoms with Gasteiger partial charge in [-0.3, -0.25) is 4.79 Å². The number of benzene rings is 1. The van der Waals surface area contributed by atoms with Crippen molar-refractivity contribution >= 4 is 23.5 Å². The topological polar surface area (TPSA) is 65.1 Å². The molecular formula is C23H30ClNO5. The average molecular weight is 436 g/mol. The van der Waals surface area contributed by atoms with Crippen molar-refractivity contribution in [2.45, 2.75) is 64.9 Å². The lowest BCUT2D eigenvalue weighted by Crippen LogP contribution is -2.58. The molecular weight excluding hydrogens is 406 g/mol. The summed E-state index contributed by atoms with van der Waals surface area (Å²) < 4.78 is 17.3. The molecule has 1 fully saturated rings. The largest absolute Gasteiger partial charge is 0.466 e. The van der Waals surface area contributed by atoms with Crippen LogP contribution in [0.3, 0.4) is 0 Å². The highest BCUT2D eigenvalue weighted by molar-refractivity contribution is 6.30. The van der Waals surface area contributed by atoms with Gasteiger partial charge in [0.2, 0.25) is 0 Å². The van der Waals surface area contributed by atoms with E-state index in [0.29, 0.717) is 17.1 Å². The van der Waals surface area contributed by atoms with E-state index in [-0.39, 0.29) is 6.10 Å². The summed E-state index contributed by atoms with van der Waals surface area (Å²) in [7, 11) is 1.34. The van der Waals surface area contributed by atoms with Crippen LogP contribution in [0.1, 0.15) is 53.0 Å². The second kappa shape index (κ2) is 7.89. The molecule has 2 heterocycles. The minimum absolute atomic E-state index is 0.119.